The van der Waals surface area contributed by atoms with Crippen LogP contribution < -0.4 is 16.0 Å². The predicted molar refractivity (Wildman–Crippen MR) is 89.8 cm³/mol. The Hall–Kier alpha value is -2.66. The Morgan fingerprint density at radius 1 is 0.870 bits per heavy atom. The second-order valence-corrected chi connectivity index (χ2v) is 5.21. The van der Waals surface area contributed by atoms with Gasteiger partial charge in [0.05, 0.1) is 0 Å². The van der Waals surface area contributed by atoms with Gasteiger partial charge in [0.25, 0.3) is 0 Å². The Balaban J connectivity index is 2.20. The van der Waals surface area contributed by atoms with Gasteiger partial charge in [-0.2, -0.15) is 0 Å². The van der Waals surface area contributed by atoms with Gasteiger partial charge < -0.3 is 5.32 Å². The molecule has 2 rings (SSSR count). The molecular formula is C18H21N3O2. The first-order valence-electron chi connectivity index (χ1n) is 7.50. The second-order valence-electron chi connectivity index (χ2n) is 5.21. The summed E-state index contributed by atoms with van der Waals surface area (Å²) in [6.07, 6.45) is 0. The molecule has 0 aromatic heterocycles. The molecule has 0 aliphatic heterocycles. The van der Waals surface area contributed by atoms with Crippen LogP contribution in [0.1, 0.15) is 30.1 Å². The average molecular weight is 311 g/mol. The monoisotopic (exact) mass is 311 g/mol. The number of amides is 3. The van der Waals surface area contributed by atoms with Crippen molar-refractivity contribution in [3.8, 4) is 0 Å². The van der Waals surface area contributed by atoms with Crippen LogP contribution in [0.2, 0.25) is 0 Å². The zero-order valence-electron chi connectivity index (χ0n) is 13.2. The lowest BCUT2D eigenvalue weighted by Gasteiger charge is -2.23. The quantitative estimate of drug-likeness (QED) is 0.794. The molecule has 2 aromatic carbocycles. The van der Waals surface area contributed by atoms with Crippen molar-refractivity contribution in [1.29, 1.82) is 0 Å². The largest absolute Gasteiger partial charge is 0.341 e. The number of carbonyl (C=O) groups is 2. The fourth-order valence-corrected chi connectivity index (χ4v) is 2.30. The van der Waals surface area contributed by atoms with E-state index in [0.29, 0.717) is 0 Å². The normalized spacial score (nSPS) is 13.0. The minimum Gasteiger partial charge on any atom is -0.341 e. The van der Waals surface area contributed by atoms with Gasteiger partial charge in [0.2, 0.25) is 5.91 Å². The summed E-state index contributed by atoms with van der Waals surface area (Å²) in [7, 11) is 1.47. The molecule has 23 heavy (non-hydrogen) atoms. The maximum Gasteiger partial charge on any atom is 0.321 e. The summed E-state index contributed by atoms with van der Waals surface area (Å²) < 4.78 is 0. The molecule has 5 nitrogen and oxygen atoms in total. The van der Waals surface area contributed by atoms with Crippen molar-refractivity contribution in [2.24, 2.45) is 0 Å². The summed E-state index contributed by atoms with van der Waals surface area (Å²) in [5.41, 5.74) is 1.87. The van der Waals surface area contributed by atoms with Gasteiger partial charge >= 0.3 is 6.03 Å². The molecule has 3 amide bonds. The Kier molecular flexibility index (Phi) is 5.88. The van der Waals surface area contributed by atoms with E-state index in [9.17, 15) is 9.59 Å². The summed E-state index contributed by atoms with van der Waals surface area (Å²) in [5.74, 6) is -0.390. The zero-order chi connectivity index (χ0) is 16.7. The Morgan fingerprint density at radius 2 is 1.39 bits per heavy atom. The minimum absolute atomic E-state index is 0.0446. The third kappa shape index (κ3) is 4.66. The van der Waals surface area contributed by atoms with Gasteiger partial charge in [-0.25, -0.2) is 4.79 Å². The van der Waals surface area contributed by atoms with E-state index in [1.165, 1.54) is 7.05 Å². The summed E-state index contributed by atoms with van der Waals surface area (Å²) in [6, 6.07) is 18.0. The van der Waals surface area contributed by atoms with Crippen molar-refractivity contribution >= 4 is 11.9 Å². The maximum absolute atomic E-state index is 12.4. The zero-order valence-corrected chi connectivity index (χ0v) is 13.2. The molecule has 3 N–H and O–H groups in total. The lowest BCUT2D eigenvalue weighted by molar-refractivity contribution is -0.122. The first-order valence-corrected chi connectivity index (χ1v) is 7.50. The number of imide groups is 1. The van der Waals surface area contributed by atoms with Crippen LogP contribution in [0.4, 0.5) is 4.79 Å². The summed E-state index contributed by atoms with van der Waals surface area (Å²) in [4.78, 5) is 23.9. The maximum atomic E-state index is 12.4. The molecule has 0 radical (unpaired) electrons. The topological polar surface area (TPSA) is 70.2 Å². The number of hydrogen-bond acceptors (Lipinski definition) is 3. The van der Waals surface area contributed by atoms with E-state index in [1.807, 2.05) is 67.6 Å². The first kappa shape index (κ1) is 16.7. The average Bonchev–Trinajstić information content (AvgIpc) is 2.60. The van der Waals surface area contributed by atoms with Gasteiger partial charge in [-0.3, -0.25) is 15.4 Å². The van der Waals surface area contributed by atoms with Crippen molar-refractivity contribution in [3.63, 3.8) is 0 Å². The molecule has 0 heterocycles. The molecule has 0 aliphatic carbocycles. The highest BCUT2D eigenvalue weighted by atomic mass is 16.2. The Labute approximate surface area is 136 Å². The number of nitrogens with one attached hydrogen (secondary N) is 3. The van der Waals surface area contributed by atoms with Gasteiger partial charge in [0.1, 0.15) is 6.04 Å². The number of urea groups is 1. The minimum atomic E-state index is -0.622. The molecule has 2 atom stereocenters. The predicted octanol–water partition coefficient (Wildman–Crippen LogP) is 2.53. The van der Waals surface area contributed by atoms with Crippen LogP contribution in [0.15, 0.2) is 60.7 Å². The van der Waals surface area contributed by atoms with Crippen molar-refractivity contribution in [2.45, 2.75) is 19.0 Å². The molecule has 2 aromatic rings. The van der Waals surface area contributed by atoms with Crippen LogP contribution in [0.25, 0.3) is 0 Å². The first-order chi connectivity index (χ1) is 11.1. The van der Waals surface area contributed by atoms with Crippen molar-refractivity contribution < 1.29 is 9.59 Å². The van der Waals surface area contributed by atoms with Crippen LogP contribution in [0.3, 0.4) is 0 Å². The molecule has 0 unspecified atom stereocenters. The highest BCUT2D eigenvalue weighted by Gasteiger charge is 2.24. The van der Waals surface area contributed by atoms with Crippen LogP contribution in [-0.4, -0.2) is 19.0 Å². The van der Waals surface area contributed by atoms with E-state index in [1.54, 1.807) is 0 Å². The summed E-state index contributed by atoms with van der Waals surface area (Å²) >= 11 is 0. The molecule has 0 saturated carbocycles. The summed E-state index contributed by atoms with van der Waals surface area (Å²) in [5, 5.41) is 8.01. The third-order valence-electron chi connectivity index (χ3n) is 3.58. The van der Waals surface area contributed by atoms with E-state index in [2.05, 4.69) is 16.0 Å². The van der Waals surface area contributed by atoms with Gasteiger partial charge in [0, 0.05) is 13.1 Å². The van der Waals surface area contributed by atoms with Crippen molar-refractivity contribution in [3.05, 3.63) is 71.8 Å². The van der Waals surface area contributed by atoms with Crippen LogP contribution >= 0.6 is 0 Å². The van der Waals surface area contributed by atoms with E-state index in [-0.39, 0.29) is 6.04 Å². The van der Waals surface area contributed by atoms with Gasteiger partial charge in [-0.1, -0.05) is 60.7 Å². The molecule has 0 spiro atoms. The lowest BCUT2D eigenvalue weighted by Crippen LogP contribution is -2.44. The van der Waals surface area contributed by atoms with Crippen molar-refractivity contribution in [2.75, 3.05) is 7.05 Å². The molecule has 0 saturated heterocycles. The fraction of sp³-hybridized carbons (Fsp3) is 0.222. The highest BCUT2D eigenvalue weighted by Crippen LogP contribution is 2.19. The molecular weight excluding hydrogens is 290 g/mol. The van der Waals surface area contributed by atoms with E-state index in [0.717, 1.165) is 11.1 Å². The molecule has 0 fully saturated rings. The van der Waals surface area contributed by atoms with Gasteiger partial charge in [-0.15, -0.1) is 0 Å². The molecule has 120 valence electrons. The number of rotatable bonds is 5. The SMILES string of the molecule is CNC(=O)NC(=O)[C@H](N[C@@H](C)c1ccccc1)c1ccccc1. The molecule has 5 heteroatoms. The van der Waals surface area contributed by atoms with E-state index < -0.39 is 18.0 Å². The summed E-state index contributed by atoms with van der Waals surface area (Å²) in [6.45, 7) is 1.98. The fourth-order valence-electron chi connectivity index (χ4n) is 2.30. The standard InChI is InChI=1S/C18H21N3O2/c1-13(14-9-5-3-6-10-14)20-16(15-11-7-4-8-12-15)17(22)21-18(23)19-2/h3-13,16,20H,1-2H3,(H2,19,21,22,23)/t13-,16+/m0/s1. The number of hydrogen-bond donors (Lipinski definition) is 3. The highest BCUT2D eigenvalue weighted by molar-refractivity contribution is 5.97. The molecule has 0 aliphatic rings. The van der Waals surface area contributed by atoms with Gasteiger partial charge in [0.15, 0.2) is 0 Å². The van der Waals surface area contributed by atoms with Crippen molar-refractivity contribution in [1.82, 2.24) is 16.0 Å². The Morgan fingerprint density at radius 3 is 1.91 bits per heavy atom. The number of carbonyl (C=O) groups excluding carboxylic acids is 2. The smallest absolute Gasteiger partial charge is 0.321 e. The number of benzene rings is 2. The third-order valence-corrected chi connectivity index (χ3v) is 3.58. The Bertz CT molecular complexity index is 644. The van der Waals surface area contributed by atoms with Crippen LogP contribution in [-0.2, 0) is 4.79 Å². The molecule has 0 bridgehead atoms. The van der Waals surface area contributed by atoms with E-state index in [4.69, 9.17) is 0 Å². The van der Waals surface area contributed by atoms with Crippen LogP contribution in [0.5, 0.6) is 0 Å². The van der Waals surface area contributed by atoms with E-state index >= 15 is 0 Å². The lowest BCUT2D eigenvalue weighted by atomic mass is 10.0. The second kappa shape index (κ2) is 8.10. The van der Waals surface area contributed by atoms with Gasteiger partial charge in [-0.05, 0) is 18.1 Å². The van der Waals surface area contributed by atoms with Crippen LogP contribution in [0, 0.1) is 0 Å².